The Balaban J connectivity index is 2.03. The number of rotatable bonds is 2. The van der Waals surface area contributed by atoms with Gasteiger partial charge in [0.05, 0.1) is 0 Å². The first-order chi connectivity index (χ1) is 9.29. The zero-order valence-corrected chi connectivity index (χ0v) is 12.8. The Morgan fingerprint density at radius 1 is 1.21 bits per heavy atom. The molecule has 1 saturated heterocycles. The number of fused-ring (bicyclic) bond motifs is 1. The molecule has 3 rings (SSSR count). The second-order valence-electron chi connectivity index (χ2n) is 5.12. The van der Waals surface area contributed by atoms with Gasteiger partial charge >= 0.3 is 0 Å². The molecule has 0 aliphatic carbocycles. The first kappa shape index (κ1) is 12.9. The van der Waals surface area contributed by atoms with Crippen LogP contribution in [0.2, 0.25) is 0 Å². The van der Waals surface area contributed by atoms with Crippen molar-refractivity contribution in [2.45, 2.75) is 19.4 Å². The number of benzene rings is 2. The molecule has 0 aromatic heterocycles. The van der Waals surface area contributed by atoms with Crippen molar-refractivity contribution in [2.75, 3.05) is 24.5 Å². The predicted molar refractivity (Wildman–Crippen MR) is 85.9 cm³/mol. The molecule has 0 amide bonds. The number of nitrogens with zero attached hydrogens (tertiary/aromatic N) is 1. The minimum atomic E-state index is 0.608. The zero-order valence-electron chi connectivity index (χ0n) is 11.2. The van der Waals surface area contributed by atoms with Crippen LogP contribution in [0.15, 0.2) is 40.9 Å². The molecule has 100 valence electrons. The third kappa shape index (κ3) is 2.49. The van der Waals surface area contributed by atoms with Gasteiger partial charge in [0.25, 0.3) is 0 Å². The third-order valence-electron chi connectivity index (χ3n) is 3.94. The summed E-state index contributed by atoms with van der Waals surface area (Å²) < 4.78 is 1.18. The number of anilines is 1. The van der Waals surface area contributed by atoms with Crippen LogP contribution in [-0.4, -0.2) is 25.7 Å². The van der Waals surface area contributed by atoms with Crippen molar-refractivity contribution in [3.63, 3.8) is 0 Å². The maximum atomic E-state index is 3.65. The van der Waals surface area contributed by atoms with E-state index < -0.39 is 0 Å². The molecule has 2 aromatic rings. The summed E-state index contributed by atoms with van der Waals surface area (Å²) in [6, 6.07) is 13.6. The highest BCUT2D eigenvalue weighted by Gasteiger charge is 2.19. The lowest BCUT2D eigenvalue weighted by Crippen LogP contribution is -2.50. The highest BCUT2D eigenvalue weighted by Crippen LogP contribution is 2.32. The highest BCUT2D eigenvalue weighted by atomic mass is 79.9. The van der Waals surface area contributed by atoms with E-state index in [1.165, 1.54) is 27.4 Å². The van der Waals surface area contributed by atoms with Crippen molar-refractivity contribution in [3.05, 3.63) is 40.9 Å². The van der Waals surface area contributed by atoms with E-state index in [0.29, 0.717) is 6.04 Å². The molecule has 19 heavy (non-hydrogen) atoms. The number of piperazine rings is 1. The Morgan fingerprint density at radius 3 is 2.79 bits per heavy atom. The standard InChI is InChI=1S/C16H19BrN2/c1-2-12-11-19(10-9-18-12)16-8-7-15(17)13-5-3-4-6-14(13)16/h3-8,12,18H,2,9-11H2,1H3. The van der Waals surface area contributed by atoms with Gasteiger partial charge in [-0.15, -0.1) is 0 Å². The molecule has 0 bridgehead atoms. The first-order valence-electron chi connectivity index (χ1n) is 6.95. The topological polar surface area (TPSA) is 15.3 Å². The van der Waals surface area contributed by atoms with Gasteiger partial charge in [-0.2, -0.15) is 0 Å². The molecule has 1 heterocycles. The maximum absolute atomic E-state index is 3.65. The van der Waals surface area contributed by atoms with E-state index in [1.807, 2.05) is 0 Å². The average Bonchev–Trinajstić information content (AvgIpc) is 2.48. The van der Waals surface area contributed by atoms with Crippen LogP contribution < -0.4 is 10.2 Å². The SMILES string of the molecule is CCC1CN(c2ccc(Br)c3ccccc23)CCN1. The lowest BCUT2D eigenvalue weighted by Gasteiger charge is -2.35. The molecule has 2 aromatic carbocycles. The van der Waals surface area contributed by atoms with Crippen molar-refractivity contribution in [2.24, 2.45) is 0 Å². The third-order valence-corrected chi connectivity index (χ3v) is 4.63. The van der Waals surface area contributed by atoms with Crippen LogP contribution in [-0.2, 0) is 0 Å². The van der Waals surface area contributed by atoms with Gasteiger partial charge in [-0.1, -0.05) is 47.1 Å². The lowest BCUT2D eigenvalue weighted by atomic mass is 10.1. The summed E-state index contributed by atoms with van der Waals surface area (Å²) in [5.74, 6) is 0. The number of nitrogens with one attached hydrogen (secondary N) is 1. The smallest absolute Gasteiger partial charge is 0.0447 e. The van der Waals surface area contributed by atoms with Gasteiger partial charge in [-0.25, -0.2) is 0 Å². The average molecular weight is 319 g/mol. The Kier molecular flexibility index (Phi) is 3.76. The van der Waals surface area contributed by atoms with Gasteiger partial charge in [-0.05, 0) is 23.9 Å². The van der Waals surface area contributed by atoms with Crippen LogP contribution in [0.1, 0.15) is 13.3 Å². The van der Waals surface area contributed by atoms with Gasteiger partial charge in [0.15, 0.2) is 0 Å². The van der Waals surface area contributed by atoms with E-state index in [4.69, 9.17) is 0 Å². The van der Waals surface area contributed by atoms with Gasteiger partial charge < -0.3 is 10.2 Å². The van der Waals surface area contributed by atoms with Crippen LogP contribution in [0.5, 0.6) is 0 Å². The van der Waals surface area contributed by atoms with Crippen LogP contribution >= 0.6 is 15.9 Å². The number of hydrogen-bond donors (Lipinski definition) is 1. The van der Waals surface area contributed by atoms with Gasteiger partial charge in [0, 0.05) is 41.2 Å². The molecule has 1 aliphatic rings. The fourth-order valence-electron chi connectivity index (χ4n) is 2.84. The second-order valence-corrected chi connectivity index (χ2v) is 5.97. The summed E-state index contributed by atoms with van der Waals surface area (Å²) in [5.41, 5.74) is 1.36. The largest absolute Gasteiger partial charge is 0.368 e. The Labute approximate surface area is 122 Å². The van der Waals surface area contributed by atoms with E-state index in [2.05, 4.69) is 69.5 Å². The Hall–Kier alpha value is -1.06. The predicted octanol–water partition coefficient (Wildman–Crippen LogP) is 3.79. The van der Waals surface area contributed by atoms with E-state index in [9.17, 15) is 0 Å². The van der Waals surface area contributed by atoms with E-state index in [0.717, 1.165) is 19.6 Å². The lowest BCUT2D eigenvalue weighted by molar-refractivity contribution is 0.447. The fourth-order valence-corrected chi connectivity index (χ4v) is 3.32. The number of halogens is 1. The minimum Gasteiger partial charge on any atom is -0.368 e. The normalized spacial score (nSPS) is 19.9. The summed E-state index contributed by atoms with van der Waals surface area (Å²) in [6.07, 6.45) is 1.19. The summed E-state index contributed by atoms with van der Waals surface area (Å²) in [5, 5.41) is 6.22. The Bertz CT molecular complexity index is 582. The van der Waals surface area contributed by atoms with Crippen molar-refractivity contribution in [1.29, 1.82) is 0 Å². The van der Waals surface area contributed by atoms with Crippen LogP contribution in [0.25, 0.3) is 10.8 Å². The summed E-state index contributed by atoms with van der Waals surface area (Å²) >= 11 is 3.65. The maximum Gasteiger partial charge on any atom is 0.0447 e. The summed E-state index contributed by atoms with van der Waals surface area (Å²) in [4.78, 5) is 2.51. The van der Waals surface area contributed by atoms with Crippen LogP contribution in [0, 0.1) is 0 Å². The number of hydrogen-bond acceptors (Lipinski definition) is 2. The van der Waals surface area contributed by atoms with E-state index in [1.54, 1.807) is 0 Å². The van der Waals surface area contributed by atoms with E-state index in [-0.39, 0.29) is 0 Å². The zero-order chi connectivity index (χ0) is 13.2. The molecule has 3 heteroatoms. The van der Waals surface area contributed by atoms with Crippen molar-refractivity contribution in [1.82, 2.24) is 5.32 Å². The second kappa shape index (κ2) is 5.51. The summed E-state index contributed by atoms with van der Waals surface area (Å²) in [7, 11) is 0. The summed E-state index contributed by atoms with van der Waals surface area (Å²) in [6.45, 7) is 5.51. The van der Waals surface area contributed by atoms with Crippen molar-refractivity contribution in [3.8, 4) is 0 Å². The molecular formula is C16H19BrN2. The van der Waals surface area contributed by atoms with Crippen molar-refractivity contribution < 1.29 is 0 Å². The minimum absolute atomic E-state index is 0.608. The van der Waals surface area contributed by atoms with E-state index >= 15 is 0 Å². The Morgan fingerprint density at radius 2 is 2.00 bits per heavy atom. The van der Waals surface area contributed by atoms with Crippen LogP contribution in [0.4, 0.5) is 5.69 Å². The van der Waals surface area contributed by atoms with Crippen LogP contribution in [0.3, 0.4) is 0 Å². The monoisotopic (exact) mass is 318 g/mol. The molecule has 1 fully saturated rings. The molecule has 1 atom stereocenters. The van der Waals surface area contributed by atoms with Gasteiger partial charge in [0.1, 0.15) is 0 Å². The molecule has 1 N–H and O–H groups in total. The molecule has 1 unspecified atom stereocenters. The fraction of sp³-hybridized carbons (Fsp3) is 0.375. The molecule has 0 saturated carbocycles. The quantitative estimate of drug-likeness (QED) is 0.906. The highest BCUT2D eigenvalue weighted by molar-refractivity contribution is 9.10. The van der Waals surface area contributed by atoms with Gasteiger partial charge in [0.2, 0.25) is 0 Å². The molecule has 0 radical (unpaired) electrons. The molecular weight excluding hydrogens is 300 g/mol. The molecule has 2 nitrogen and oxygen atoms in total. The van der Waals surface area contributed by atoms with Crippen molar-refractivity contribution >= 4 is 32.4 Å². The van der Waals surface area contributed by atoms with Gasteiger partial charge in [-0.3, -0.25) is 0 Å². The molecule has 1 aliphatic heterocycles. The first-order valence-corrected chi connectivity index (χ1v) is 7.74. The molecule has 0 spiro atoms.